The van der Waals surface area contributed by atoms with Gasteiger partial charge in [0, 0.05) is 43.8 Å². The summed E-state index contributed by atoms with van der Waals surface area (Å²) >= 11 is 1.73. The van der Waals surface area contributed by atoms with Gasteiger partial charge in [-0.3, -0.25) is 9.48 Å². The third kappa shape index (κ3) is 3.15. The van der Waals surface area contributed by atoms with Gasteiger partial charge in [0.05, 0.1) is 5.39 Å². The maximum absolute atomic E-state index is 12.8. The fourth-order valence-corrected chi connectivity index (χ4v) is 4.87. The summed E-state index contributed by atoms with van der Waals surface area (Å²) in [5, 5.41) is 5.51. The Morgan fingerprint density at radius 1 is 1.21 bits per heavy atom. The molecule has 0 radical (unpaired) electrons. The summed E-state index contributed by atoms with van der Waals surface area (Å²) in [5.41, 5.74) is 2.78. The van der Waals surface area contributed by atoms with E-state index in [0.29, 0.717) is 5.69 Å². The van der Waals surface area contributed by atoms with Gasteiger partial charge in [-0.05, 0) is 45.2 Å². The highest BCUT2D eigenvalue weighted by molar-refractivity contribution is 7.18. The Labute approximate surface area is 169 Å². The summed E-state index contributed by atoms with van der Waals surface area (Å²) in [6, 6.07) is 2.07. The van der Waals surface area contributed by atoms with E-state index in [1.807, 2.05) is 32.0 Å². The van der Waals surface area contributed by atoms with Crippen LogP contribution in [-0.4, -0.2) is 56.7 Å². The minimum Gasteiger partial charge on any atom is -0.356 e. The summed E-state index contributed by atoms with van der Waals surface area (Å²) in [6.45, 7) is 8.00. The van der Waals surface area contributed by atoms with Crippen LogP contribution in [0.4, 0.5) is 5.82 Å². The van der Waals surface area contributed by atoms with Crippen LogP contribution in [0.1, 0.15) is 39.5 Å². The molecule has 0 saturated carbocycles. The normalized spacial score (nSPS) is 15.4. The molecule has 3 aromatic heterocycles. The summed E-state index contributed by atoms with van der Waals surface area (Å²) in [5.74, 6) is 1.02. The minimum atomic E-state index is -0.00381. The molecule has 1 aliphatic rings. The van der Waals surface area contributed by atoms with Gasteiger partial charge >= 0.3 is 0 Å². The van der Waals surface area contributed by atoms with Crippen LogP contribution in [-0.2, 0) is 7.05 Å². The van der Waals surface area contributed by atoms with Crippen LogP contribution in [0.15, 0.2) is 12.4 Å². The third-order valence-corrected chi connectivity index (χ3v) is 7.03. The van der Waals surface area contributed by atoms with Gasteiger partial charge in [-0.15, -0.1) is 11.3 Å². The standard InChI is InChI=1S/C20H26N6OS/c1-12-10-16(23-25(12)5)20(27)24(4)15-6-8-26(9-7-15)18-17-13(2)14(3)28-19(17)22-11-21-18/h10-11,15H,6-9H2,1-5H3. The molecule has 0 N–H and O–H groups in total. The van der Waals surface area contributed by atoms with Gasteiger partial charge in [-0.25, -0.2) is 9.97 Å². The number of carbonyl (C=O) groups is 1. The highest BCUT2D eigenvalue weighted by Crippen LogP contribution is 2.35. The molecule has 4 rings (SSSR count). The molecule has 1 fully saturated rings. The second-order valence-electron chi connectivity index (χ2n) is 7.59. The van der Waals surface area contributed by atoms with Crippen LogP contribution in [0.25, 0.3) is 10.2 Å². The molecule has 148 valence electrons. The van der Waals surface area contributed by atoms with E-state index in [1.165, 1.54) is 15.8 Å². The van der Waals surface area contributed by atoms with Crippen molar-refractivity contribution in [2.24, 2.45) is 7.05 Å². The van der Waals surface area contributed by atoms with Crippen LogP contribution in [0.3, 0.4) is 0 Å². The van der Waals surface area contributed by atoms with Gasteiger partial charge in [-0.2, -0.15) is 5.10 Å². The monoisotopic (exact) mass is 398 g/mol. The predicted molar refractivity (Wildman–Crippen MR) is 112 cm³/mol. The number of rotatable bonds is 3. The van der Waals surface area contributed by atoms with Gasteiger partial charge in [0.25, 0.3) is 5.91 Å². The van der Waals surface area contributed by atoms with E-state index in [2.05, 4.69) is 33.8 Å². The number of aryl methyl sites for hydroxylation is 4. The Morgan fingerprint density at radius 2 is 1.93 bits per heavy atom. The summed E-state index contributed by atoms with van der Waals surface area (Å²) < 4.78 is 1.75. The number of anilines is 1. The van der Waals surface area contributed by atoms with E-state index in [9.17, 15) is 4.79 Å². The Bertz CT molecular complexity index is 1010. The van der Waals surface area contributed by atoms with Gasteiger partial charge in [0.1, 0.15) is 17.0 Å². The summed E-state index contributed by atoms with van der Waals surface area (Å²) in [7, 11) is 3.75. The highest BCUT2D eigenvalue weighted by atomic mass is 32.1. The molecule has 0 spiro atoms. The zero-order valence-electron chi connectivity index (χ0n) is 17.1. The van der Waals surface area contributed by atoms with Gasteiger partial charge < -0.3 is 9.80 Å². The number of thiophene rings is 1. The Morgan fingerprint density at radius 3 is 2.57 bits per heavy atom. The van der Waals surface area contributed by atoms with Crippen molar-refractivity contribution in [1.29, 1.82) is 0 Å². The van der Waals surface area contributed by atoms with Crippen LogP contribution >= 0.6 is 11.3 Å². The molecule has 8 heteroatoms. The van der Waals surface area contributed by atoms with E-state index in [-0.39, 0.29) is 11.9 Å². The van der Waals surface area contributed by atoms with Crippen molar-refractivity contribution in [1.82, 2.24) is 24.6 Å². The van der Waals surface area contributed by atoms with E-state index < -0.39 is 0 Å². The second kappa shape index (κ2) is 7.16. The Kier molecular flexibility index (Phi) is 4.82. The molecule has 1 saturated heterocycles. The predicted octanol–water partition coefficient (Wildman–Crippen LogP) is 3.09. The number of carbonyl (C=O) groups excluding carboxylic acids is 1. The number of fused-ring (bicyclic) bond motifs is 1. The van der Waals surface area contributed by atoms with E-state index in [4.69, 9.17) is 0 Å². The second-order valence-corrected chi connectivity index (χ2v) is 8.79. The first-order valence-corrected chi connectivity index (χ1v) is 10.4. The highest BCUT2D eigenvalue weighted by Gasteiger charge is 2.29. The molecule has 28 heavy (non-hydrogen) atoms. The van der Waals surface area contributed by atoms with E-state index >= 15 is 0 Å². The van der Waals surface area contributed by atoms with Crippen molar-refractivity contribution in [2.45, 2.75) is 39.7 Å². The van der Waals surface area contributed by atoms with Crippen LogP contribution in [0.2, 0.25) is 0 Å². The fourth-order valence-electron chi connectivity index (χ4n) is 3.88. The fraction of sp³-hybridized carbons (Fsp3) is 0.500. The van der Waals surface area contributed by atoms with Crippen molar-refractivity contribution >= 4 is 33.3 Å². The van der Waals surface area contributed by atoms with Gasteiger partial charge in [-0.1, -0.05) is 0 Å². The van der Waals surface area contributed by atoms with Crippen molar-refractivity contribution in [3.05, 3.63) is 34.2 Å². The molecule has 4 heterocycles. The number of hydrogen-bond acceptors (Lipinski definition) is 6. The first-order valence-electron chi connectivity index (χ1n) is 9.60. The number of nitrogens with zero attached hydrogens (tertiary/aromatic N) is 6. The number of piperidine rings is 1. The van der Waals surface area contributed by atoms with E-state index in [1.54, 1.807) is 22.3 Å². The van der Waals surface area contributed by atoms with Crippen molar-refractivity contribution < 1.29 is 4.79 Å². The largest absolute Gasteiger partial charge is 0.356 e. The molecular formula is C20H26N6OS. The van der Waals surface area contributed by atoms with Crippen molar-refractivity contribution in [2.75, 3.05) is 25.0 Å². The zero-order valence-corrected chi connectivity index (χ0v) is 17.9. The number of aromatic nitrogens is 4. The maximum Gasteiger partial charge on any atom is 0.274 e. The summed E-state index contributed by atoms with van der Waals surface area (Å²) in [6.07, 6.45) is 3.50. The van der Waals surface area contributed by atoms with Gasteiger partial charge in [0.15, 0.2) is 5.69 Å². The third-order valence-electron chi connectivity index (χ3n) is 5.91. The molecular weight excluding hydrogens is 372 g/mol. The Balaban J connectivity index is 1.48. The lowest BCUT2D eigenvalue weighted by molar-refractivity contribution is 0.0702. The lowest BCUT2D eigenvalue weighted by Crippen LogP contribution is -2.46. The van der Waals surface area contributed by atoms with Gasteiger partial charge in [0.2, 0.25) is 0 Å². The first kappa shape index (κ1) is 18.9. The van der Waals surface area contributed by atoms with Crippen molar-refractivity contribution in [3.8, 4) is 0 Å². The maximum atomic E-state index is 12.8. The van der Waals surface area contributed by atoms with Crippen molar-refractivity contribution in [3.63, 3.8) is 0 Å². The molecule has 0 unspecified atom stereocenters. The number of hydrogen-bond donors (Lipinski definition) is 0. The van der Waals surface area contributed by atoms with Crippen LogP contribution in [0.5, 0.6) is 0 Å². The molecule has 1 amide bonds. The molecule has 7 nitrogen and oxygen atoms in total. The summed E-state index contributed by atoms with van der Waals surface area (Å²) in [4.78, 5) is 28.4. The van der Waals surface area contributed by atoms with Crippen LogP contribution in [0, 0.1) is 20.8 Å². The lowest BCUT2D eigenvalue weighted by Gasteiger charge is -2.37. The lowest BCUT2D eigenvalue weighted by atomic mass is 10.0. The molecule has 0 bridgehead atoms. The average Bonchev–Trinajstić information content (AvgIpc) is 3.19. The quantitative estimate of drug-likeness (QED) is 0.678. The molecule has 0 aromatic carbocycles. The topological polar surface area (TPSA) is 67.2 Å². The smallest absolute Gasteiger partial charge is 0.274 e. The number of amides is 1. The first-order chi connectivity index (χ1) is 13.4. The molecule has 1 aliphatic heterocycles. The Hall–Kier alpha value is -2.48. The van der Waals surface area contributed by atoms with E-state index in [0.717, 1.165) is 42.3 Å². The molecule has 0 aliphatic carbocycles. The zero-order chi connectivity index (χ0) is 20.0. The molecule has 3 aromatic rings. The minimum absolute atomic E-state index is 0.00381. The van der Waals surface area contributed by atoms with Crippen LogP contribution < -0.4 is 4.90 Å². The SMILES string of the molecule is Cc1sc2ncnc(N3CCC(N(C)C(=O)c4cc(C)n(C)n4)CC3)c2c1C. The molecule has 0 atom stereocenters. The average molecular weight is 399 g/mol.